The van der Waals surface area contributed by atoms with Gasteiger partial charge in [-0.05, 0) is 19.4 Å². The van der Waals surface area contributed by atoms with Gasteiger partial charge in [0, 0.05) is 28.6 Å². The lowest BCUT2D eigenvalue weighted by Crippen LogP contribution is -2.41. The summed E-state index contributed by atoms with van der Waals surface area (Å²) >= 11 is 4.33. The predicted molar refractivity (Wildman–Crippen MR) is 75.2 cm³/mol. The number of nitrogens with one attached hydrogen (secondary N) is 1. The lowest BCUT2D eigenvalue weighted by atomic mass is 10.1. The minimum atomic E-state index is 0.766. The zero-order chi connectivity index (χ0) is 10.9. The van der Waals surface area contributed by atoms with E-state index in [-0.39, 0.29) is 0 Å². The summed E-state index contributed by atoms with van der Waals surface area (Å²) in [7, 11) is 0. The molecule has 2 unspecified atom stereocenters. The maximum absolute atomic E-state index is 3.74. The van der Waals surface area contributed by atoms with Gasteiger partial charge in [0.15, 0.2) is 0 Å². The largest absolute Gasteiger partial charge is 0.313 e. The van der Waals surface area contributed by atoms with Crippen molar-refractivity contribution in [1.29, 1.82) is 0 Å². The van der Waals surface area contributed by atoms with Gasteiger partial charge in [0.1, 0.15) is 0 Å². The Morgan fingerprint density at radius 3 is 2.73 bits per heavy atom. The fourth-order valence-electron chi connectivity index (χ4n) is 1.91. The number of unbranched alkanes of at least 4 members (excludes halogenated alkanes) is 1. The molecule has 0 aliphatic carbocycles. The Bertz CT molecular complexity index is 139. The van der Waals surface area contributed by atoms with Gasteiger partial charge in [0.2, 0.25) is 0 Å². The van der Waals surface area contributed by atoms with Crippen LogP contribution in [0.2, 0.25) is 0 Å². The average molecular weight is 247 g/mol. The highest BCUT2D eigenvalue weighted by molar-refractivity contribution is 8.06. The van der Waals surface area contributed by atoms with Gasteiger partial charge in [0.05, 0.1) is 0 Å². The molecule has 0 amide bonds. The SMILES string of the molecule is CCCCC(NCCC)C1CSCCS1. The summed E-state index contributed by atoms with van der Waals surface area (Å²) in [5, 5.41) is 4.60. The van der Waals surface area contributed by atoms with Gasteiger partial charge < -0.3 is 5.32 Å². The Morgan fingerprint density at radius 2 is 2.13 bits per heavy atom. The van der Waals surface area contributed by atoms with Gasteiger partial charge in [-0.25, -0.2) is 0 Å². The average Bonchev–Trinajstić information content (AvgIpc) is 2.30. The van der Waals surface area contributed by atoms with Crippen LogP contribution in [0.4, 0.5) is 0 Å². The van der Waals surface area contributed by atoms with Gasteiger partial charge in [0.25, 0.3) is 0 Å². The van der Waals surface area contributed by atoms with Crippen LogP contribution in [-0.4, -0.2) is 35.1 Å². The summed E-state index contributed by atoms with van der Waals surface area (Å²) in [6.07, 6.45) is 5.33. The van der Waals surface area contributed by atoms with Crippen LogP contribution in [0.5, 0.6) is 0 Å². The monoisotopic (exact) mass is 247 g/mol. The molecule has 2 atom stereocenters. The Hall–Kier alpha value is 0.660. The molecule has 0 radical (unpaired) electrons. The molecule has 1 heterocycles. The van der Waals surface area contributed by atoms with E-state index in [1.165, 1.54) is 49.5 Å². The Kier molecular flexibility index (Phi) is 8.02. The zero-order valence-corrected chi connectivity index (χ0v) is 11.8. The van der Waals surface area contributed by atoms with E-state index < -0.39 is 0 Å². The number of hydrogen-bond donors (Lipinski definition) is 1. The minimum absolute atomic E-state index is 0.766. The van der Waals surface area contributed by atoms with Crippen molar-refractivity contribution in [3.8, 4) is 0 Å². The molecule has 0 aromatic heterocycles. The standard InChI is InChI=1S/C12H25NS2/c1-3-5-6-11(13-7-4-2)12-10-14-8-9-15-12/h11-13H,3-10H2,1-2H3. The van der Waals surface area contributed by atoms with Crippen molar-refractivity contribution in [3.05, 3.63) is 0 Å². The molecule has 1 rings (SSSR count). The first kappa shape index (κ1) is 13.7. The predicted octanol–water partition coefficient (Wildman–Crippen LogP) is 3.39. The molecule has 1 saturated heterocycles. The summed E-state index contributed by atoms with van der Waals surface area (Å²) in [5.74, 6) is 4.07. The van der Waals surface area contributed by atoms with E-state index in [1.54, 1.807) is 0 Å². The van der Waals surface area contributed by atoms with E-state index in [9.17, 15) is 0 Å². The van der Waals surface area contributed by atoms with E-state index in [0.29, 0.717) is 0 Å². The third kappa shape index (κ3) is 5.50. The van der Waals surface area contributed by atoms with Crippen LogP contribution in [0.3, 0.4) is 0 Å². The number of thioether (sulfide) groups is 2. The molecule has 0 aromatic carbocycles. The van der Waals surface area contributed by atoms with E-state index >= 15 is 0 Å². The Balaban J connectivity index is 2.30. The molecule has 0 aromatic rings. The van der Waals surface area contributed by atoms with Crippen molar-refractivity contribution in [3.63, 3.8) is 0 Å². The normalized spacial score (nSPS) is 24.0. The maximum Gasteiger partial charge on any atom is 0.0291 e. The second-order valence-electron chi connectivity index (χ2n) is 4.19. The van der Waals surface area contributed by atoms with Crippen LogP contribution in [0.15, 0.2) is 0 Å². The first-order valence-corrected chi connectivity index (χ1v) is 8.51. The molecule has 1 nitrogen and oxygen atoms in total. The van der Waals surface area contributed by atoms with E-state index in [4.69, 9.17) is 0 Å². The van der Waals surface area contributed by atoms with Crippen molar-refractivity contribution in [2.24, 2.45) is 0 Å². The fraction of sp³-hybridized carbons (Fsp3) is 1.00. The van der Waals surface area contributed by atoms with Gasteiger partial charge in [-0.15, -0.1) is 0 Å². The summed E-state index contributed by atoms with van der Waals surface area (Å²) in [5.41, 5.74) is 0. The third-order valence-corrected chi connectivity index (χ3v) is 5.74. The first-order chi connectivity index (χ1) is 7.38. The molecule has 1 N–H and O–H groups in total. The summed E-state index contributed by atoms with van der Waals surface area (Å²) in [6, 6.07) is 0.766. The van der Waals surface area contributed by atoms with Gasteiger partial charge in [-0.1, -0.05) is 26.7 Å². The molecule has 1 aliphatic heterocycles. The van der Waals surface area contributed by atoms with Crippen LogP contribution in [-0.2, 0) is 0 Å². The highest BCUT2D eigenvalue weighted by Crippen LogP contribution is 2.28. The van der Waals surface area contributed by atoms with E-state index in [1.807, 2.05) is 0 Å². The molecule has 15 heavy (non-hydrogen) atoms. The van der Waals surface area contributed by atoms with E-state index in [0.717, 1.165) is 11.3 Å². The highest BCUT2D eigenvalue weighted by atomic mass is 32.2. The van der Waals surface area contributed by atoms with Crippen LogP contribution in [0, 0.1) is 0 Å². The smallest absolute Gasteiger partial charge is 0.0291 e. The van der Waals surface area contributed by atoms with Crippen LogP contribution < -0.4 is 5.32 Å². The molecule has 0 bridgehead atoms. The maximum atomic E-state index is 3.74. The van der Waals surface area contributed by atoms with Gasteiger partial charge in [-0.2, -0.15) is 23.5 Å². The van der Waals surface area contributed by atoms with Crippen molar-refractivity contribution < 1.29 is 0 Å². The fourth-order valence-corrected chi connectivity index (χ4v) is 4.84. The van der Waals surface area contributed by atoms with Crippen molar-refractivity contribution >= 4 is 23.5 Å². The van der Waals surface area contributed by atoms with Crippen LogP contribution >= 0.6 is 23.5 Å². The zero-order valence-electron chi connectivity index (χ0n) is 10.1. The quantitative estimate of drug-likeness (QED) is 0.740. The number of rotatable bonds is 7. The molecule has 90 valence electrons. The van der Waals surface area contributed by atoms with Gasteiger partial charge >= 0.3 is 0 Å². The van der Waals surface area contributed by atoms with Crippen molar-refractivity contribution in [2.75, 3.05) is 23.8 Å². The van der Waals surface area contributed by atoms with Crippen LogP contribution in [0.1, 0.15) is 39.5 Å². The Labute approximate surface area is 104 Å². The summed E-state index contributed by atoms with van der Waals surface area (Å²) in [6.45, 7) is 5.74. The lowest BCUT2D eigenvalue weighted by molar-refractivity contribution is 0.463. The second-order valence-corrected chi connectivity index (χ2v) is 6.68. The highest BCUT2D eigenvalue weighted by Gasteiger charge is 2.23. The number of hydrogen-bond acceptors (Lipinski definition) is 3. The molecule has 3 heteroatoms. The van der Waals surface area contributed by atoms with E-state index in [2.05, 4.69) is 42.7 Å². The molecular weight excluding hydrogens is 222 g/mol. The molecular formula is C12H25NS2. The van der Waals surface area contributed by atoms with Crippen molar-refractivity contribution in [2.45, 2.75) is 50.8 Å². The molecule has 1 fully saturated rings. The Morgan fingerprint density at radius 1 is 1.27 bits per heavy atom. The van der Waals surface area contributed by atoms with Crippen LogP contribution in [0.25, 0.3) is 0 Å². The second kappa shape index (κ2) is 8.77. The summed E-state index contributed by atoms with van der Waals surface area (Å²) in [4.78, 5) is 0. The molecule has 0 spiro atoms. The first-order valence-electron chi connectivity index (χ1n) is 6.31. The molecule has 0 saturated carbocycles. The summed E-state index contributed by atoms with van der Waals surface area (Å²) < 4.78 is 0. The van der Waals surface area contributed by atoms with Gasteiger partial charge in [-0.3, -0.25) is 0 Å². The topological polar surface area (TPSA) is 12.0 Å². The van der Waals surface area contributed by atoms with Crippen molar-refractivity contribution in [1.82, 2.24) is 5.32 Å². The third-order valence-electron chi connectivity index (χ3n) is 2.82. The molecule has 1 aliphatic rings. The lowest BCUT2D eigenvalue weighted by Gasteiger charge is -2.30. The minimum Gasteiger partial charge on any atom is -0.313 e.